The van der Waals surface area contributed by atoms with Crippen molar-refractivity contribution in [3.8, 4) is 23.0 Å². The summed E-state index contributed by atoms with van der Waals surface area (Å²) < 4.78 is 19.8. The van der Waals surface area contributed by atoms with Crippen molar-refractivity contribution in [1.29, 1.82) is 5.26 Å². The first-order valence-corrected chi connectivity index (χ1v) is 8.01. The molecule has 6 heteroatoms. The maximum atomic E-state index is 13.2. The quantitative estimate of drug-likeness (QED) is 0.666. The maximum Gasteiger partial charge on any atom is 0.343 e. The van der Waals surface area contributed by atoms with Crippen LogP contribution in [0.3, 0.4) is 0 Å². The van der Waals surface area contributed by atoms with Crippen LogP contribution in [-0.4, -0.2) is 21.9 Å². The lowest BCUT2D eigenvalue weighted by atomic mass is 10.1. The molecule has 1 aromatic heterocycles. The lowest BCUT2D eigenvalue weighted by Gasteiger charge is -2.06. The minimum absolute atomic E-state index is 0.238. The first kappa shape index (κ1) is 17.4. The molecule has 130 valence electrons. The number of esters is 1. The highest BCUT2D eigenvalue weighted by Crippen LogP contribution is 2.25. The van der Waals surface area contributed by atoms with Gasteiger partial charge in [-0.2, -0.15) is 10.4 Å². The fourth-order valence-corrected chi connectivity index (χ4v) is 2.51. The molecule has 0 N–H and O–H groups in total. The Balaban J connectivity index is 2.09. The predicted octanol–water partition coefficient (Wildman–Crippen LogP) is 4.06. The maximum absolute atomic E-state index is 13.2. The molecule has 0 saturated carbocycles. The van der Waals surface area contributed by atoms with Gasteiger partial charge >= 0.3 is 5.97 Å². The Morgan fingerprint density at radius 1 is 1.27 bits per heavy atom. The average molecular weight is 349 g/mol. The highest BCUT2D eigenvalue weighted by molar-refractivity contribution is 5.96. The lowest BCUT2D eigenvalue weighted by molar-refractivity contribution is 0.0436. The Labute approximate surface area is 150 Å². The molecule has 2 aromatic carbocycles. The number of carbonyl (C=O) groups is 1. The molecule has 26 heavy (non-hydrogen) atoms. The Hall–Kier alpha value is -3.46. The number of hydrogen-bond donors (Lipinski definition) is 0. The van der Waals surface area contributed by atoms with Gasteiger partial charge in [-0.3, -0.25) is 0 Å². The van der Waals surface area contributed by atoms with E-state index in [4.69, 9.17) is 10.00 Å². The van der Waals surface area contributed by atoms with Crippen molar-refractivity contribution >= 4 is 5.97 Å². The zero-order valence-corrected chi connectivity index (χ0v) is 14.3. The zero-order chi connectivity index (χ0) is 18.7. The molecule has 5 nitrogen and oxygen atoms in total. The van der Waals surface area contributed by atoms with Crippen molar-refractivity contribution < 1.29 is 13.9 Å². The molecule has 0 aliphatic rings. The first-order chi connectivity index (χ1) is 12.5. The highest BCUT2D eigenvalue weighted by Gasteiger charge is 2.21. The molecule has 0 radical (unpaired) electrons. The van der Waals surface area contributed by atoms with Crippen molar-refractivity contribution in [2.45, 2.75) is 20.0 Å². The fraction of sp³-hybridized carbons (Fsp3) is 0.150. The molecule has 3 rings (SSSR count). The topological polar surface area (TPSA) is 67.9 Å². The number of aromatic nitrogens is 2. The molecule has 0 unspecified atom stereocenters. The Bertz CT molecular complexity index is 987. The summed E-state index contributed by atoms with van der Waals surface area (Å²) in [5.41, 5.74) is 3.05. The average Bonchev–Trinajstić information content (AvgIpc) is 3.07. The third-order valence-electron chi connectivity index (χ3n) is 3.78. The van der Waals surface area contributed by atoms with Crippen molar-refractivity contribution in [3.05, 3.63) is 71.7 Å². The number of ether oxygens (including phenoxy) is 1. The van der Waals surface area contributed by atoms with Crippen molar-refractivity contribution in [1.82, 2.24) is 9.78 Å². The standard InChI is InChI=1S/C20H16FN3O2/c1-13-4-3-5-15(10-13)19-18(20(25)26-14(2)11-22)12-24(23-19)17-8-6-16(21)7-9-17/h3-10,12,14H,1-2H3/t14-/m1/s1. The van der Waals surface area contributed by atoms with Gasteiger partial charge in [-0.1, -0.05) is 23.8 Å². The number of aryl methyl sites for hydroxylation is 1. The number of benzene rings is 2. The van der Waals surface area contributed by atoms with Crippen LogP contribution in [-0.2, 0) is 4.74 Å². The van der Waals surface area contributed by atoms with E-state index in [0.717, 1.165) is 11.1 Å². The van der Waals surface area contributed by atoms with Gasteiger partial charge in [0.25, 0.3) is 0 Å². The van der Waals surface area contributed by atoms with Crippen LogP contribution in [0.2, 0.25) is 0 Å². The second-order valence-corrected chi connectivity index (χ2v) is 5.86. The molecular formula is C20H16FN3O2. The molecule has 3 aromatic rings. The van der Waals surface area contributed by atoms with Crippen molar-refractivity contribution in [3.63, 3.8) is 0 Å². The molecule has 0 fully saturated rings. The number of hydrogen-bond acceptors (Lipinski definition) is 4. The lowest BCUT2D eigenvalue weighted by Crippen LogP contribution is -2.13. The summed E-state index contributed by atoms with van der Waals surface area (Å²) in [6, 6.07) is 15.2. The Morgan fingerprint density at radius 2 is 2.00 bits per heavy atom. The predicted molar refractivity (Wildman–Crippen MR) is 94.2 cm³/mol. The van der Waals surface area contributed by atoms with E-state index in [0.29, 0.717) is 11.4 Å². The number of nitriles is 1. The number of nitrogens with zero attached hydrogens (tertiary/aromatic N) is 3. The van der Waals surface area contributed by atoms with Crippen LogP contribution in [0.25, 0.3) is 16.9 Å². The molecule has 1 heterocycles. The second kappa shape index (κ2) is 7.19. The number of carbonyl (C=O) groups excluding carboxylic acids is 1. The summed E-state index contributed by atoms with van der Waals surface area (Å²) in [6.45, 7) is 3.44. The molecule has 0 aliphatic heterocycles. The Kier molecular flexibility index (Phi) is 4.81. The molecule has 0 spiro atoms. The van der Waals surface area contributed by atoms with Gasteiger partial charge < -0.3 is 4.74 Å². The van der Waals surface area contributed by atoms with E-state index in [1.54, 1.807) is 12.1 Å². The molecule has 1 atom stereocenters. The zero-order valence-electron chi connectivity index (χ0n) is 14.3. The van der Waals surface area contributed by atoms with Gasteiger partial charge in [-0.25, -0.2) is 13.9 Å². The molecule has 0 aliphatic carbocycles. The van der Waals surface area contributed by atoms with Crippen molar-refractivity contribution in [2.24, 2.45) is 0 Å². The summed E-state index contributed by atoms with van der Waals surface area (Å²) in [7, 11) is 0. The van der Waals surface area contributed by atoms with Crippen LogP contribution in [0.15, 0.2) is 54.7 Å². The van der Waals surface area contributed by atoms with Crippen LogP contribution < -0.4 is 0 Å². The van der Waals surface area contributed by atoms with Gasteiger partial charge in [0, 0.05) is 11.8 Å². The third kappa shape index (κ3) is 3.62. The third-order valence-corrected chi connectivity index (χ3v) is 3.78. The monoisotopic (exact) mass is 349 g/mol. The number of halogens is 1. The smallest absolute Gasteiger partial charge is 0.343 e. The van der Waals surface area contributed by atoms with Gasteiger partial charge in [0.1, 0.15) is 23.1 Å². The SMILES string of the molecule is Cc1cccc(-c2nn(-c3ccc(F)cc3)cc2C(=O)O[C@H](C)C#N)c1. The van der Waals surface area contributed by atoms with Gasteiger partial charge in [0.05, 0.1) is 5.69 Å². The van der Waals surface area contributed by atoms with E-state index in [-0.39, 0.29) is 11.4 Å². The summed E-state index contributed by atoms with van der Waals surface area (Å²) in [5.74, 6) is -0.994. The minimum Gasteiger partial charge on any atom is -0.444 e. The molecule has 0 saturated heterocycles. The summed E-state index contributed by atoms with van der Waals surface area (Å²) >= 11 is 0. The highest BCUT2D eigenvalue weighted by atomic mass is 19.1. The van der Waals surface area contributed by atoms with E-state index in [1.165, 1.54) is 29.9 Å². The van der Waals surface area contributed by atoms with Crippen molar-refractivity contribution in [2.75, 3.05) is 0 Å². The van der Waals surface area contributed by atoms with E-state index in [1.807, 2.05) is 37.3 Å². The van der Waals surface area contributed by atoms with Gasteiger partial charge in [0.15, 0.2) is 6.10 Å². The minimum atomic E-state index is -0.873. The number of rotatable bonds is 4. The molecular weight excluding hydrogens is 333 g/mol. The van der Waals surface area contributed by atoms with Crippen LogP contribution in [0.1, 0.15) is 22.8 Å². The summed E-state index contributed by atoms with van der Waals surface area (Å²) in [6.07, 6.45) is 0.652. The van der Waals surface area contributed by atoms with Crippen LogP contribution in [0, 0.1) is 24.1 Å². The van der Waals surface area contributed by atoms with E-state index < -0.39 is 12.1 Å². The van der Waals surface area contributed by atoms with Gasteiger partial charge in [0.2, 0.25) is 0 Å². The normalized spacial score (nSPS) is 11.6. The molecule has 0 amide bonds. The fourth-order valence-electron chi connectivity index (χ4n) is 2.51. The Morgan fingerprint density at radius 3 is 2.65 bits per heavy atom. The molecule has 0 bridgehead atoms. The largest absolute Gasteiger partial charge is 0.444 e. The van der Waals surface area contributed by atoms with Crippen LogP contribution in [0.4, 0.5) is 4.39 Å². The first-order valence-electron chi connectivity index (χ1n) is 8.01. The second-order valence-electron chi connectivity index (χ2n) is 5.86. The van der Waals surface area contributed by atoms with Gasteiger partial charge in [-0.15, -0.1) is 0 Å². The van der Waals surface area contributed by atoms with E-state index in [9.17, 15) is 9.18 Å². The van der Waals surface area contributed by atoms with Crippen LogP contribution >= 0.6 is 0 Å². The summed E-state index contributed by atoms with van der Waals surface area (Å²) in [4.78, 5) is 12.5. The van der Waals surface area contributed by atoms with E-state index >= 15 is 0 Å². The van der Waals surface area contributed by atoms with E-state index in [2.05, 4.69) is 5.10 Å². The summed E-state index contributed by atoms with van der Waals surface area (Å²) in [5, 5.41) is 13.4. The van der Waals surface area contributed by atoms with Crippen LogP contribution in [0.5, 0.6) is 0 Å². The van der Waals surface area contributed by atoms with Gasteiger partial charge in [-0.05, 0) is 44.2 Å².